The fraction of sp³-hybridized carbons (Fsp3) is 0.250. The molecule has 0 aliphatic rings. The molecule has 0 amide bonds. The monoisotopic (exact) mass is 263 g/mol. The molecule has 0 saturated heterocycles. The number of halogens is 1. The van der Waals surface area contributed by atoms with Gasteiger partial charge >= 0.3 is 0 Å². The smallest absolute Gasteiger partial charge is 0.218 e. The maximum Gasteiger partial charge on any atom is 0.218 e. The standard InChI is InChI=1S/C8H8IO2/c1-11-8(10)6-4-2-3-5-7(6)9/h2-5,8H,1H3/t8-/m0/s1. The Hall–Kier alpha value is -0.130. The van der Waals surface area contributed by atoms with Crippen molar-refractivity contribution in [3.05, 3.63) is 33.4 Å². The Morgan fingerprint density at radius 3 is 2.64 bits per heavy atom. The third-order valence-electron chi connectivity index (χ3n) is 1.37. The van der Waals surface area contributed by atoms with E-state index in [0.29, 0.717) is 5.56 Å². The lowest BCUT2D eigenvalue weighted by Gasteiger charge is -2.07. The van der Waals surface area contributed by atoms with Gasteiger partial charge in [0, 0.05) is 16.2 Å². The van der Waals surface area contributed by atoms with E-state index in [-0.39, 0.29) is 0 Å². The molecule has 0 aliphatic carbocycles. The van der Waals surface area contributed by atoms with Crippen molar-refractivity contribution in [2.45, 2.75) is 6.29 Å². The highest BCUT2D eigenvalue weighted by molar-refractivity contribution is 14.1. The van der Waals surface area contributed by atoms with Crippen LogP contribution in [0.25, 0.3) is 0 Å². The Morgan fingerprint density at radius 2 is 2.09 bits per heavy atom. The van der Waals surface area contributed by atoms with Gasteiger partial charge in [0.25, 0.3) is 0 Å². The van der Waals surface area contributed by atoms with Crippen LogP contribution in [0.1, 0.15) is 11.9 Å². The summed E-state index contributed by atoms with van der Waals surface area (Å²) in [4.78, 5) is 0. The van der Waals surface area contributed by atoms with Crippen molar-refractivity contribution in [3.63, 3.8) is 0 Å². The predicted octanol–water partition coefficient (Wildman–Crippen LogP) is 2.37. The molecule has 0 aliphatic heterocycles. The van der Waals surface area contributed by atoms with E-state index in [0.717, 1.165) is 3.57 Å². The van der Waals surface area contributed by atoms with Gasteiger partial charge in [-0.2, -0.15) is 5.11 Å². The van der Waals surface area contributed by atoms with Crippen molar-refractivity contribution >= 4 is 22.6 Å². The van der Waals surface area contributed by atoms with Crippen molar-refractivity contribution in [3.8, 4) is 0 Å². The van der Waals surface area contributed by atoms with Crippen molar-refractivity contribution in [1.29, 1.82) is 0 Å². The molecule has 11 heavy (non-hydrogen) atoms. The zero-order chi connectivity index (χ0) is 8.27. The maximum absolute atomic E-state index is 11.1. The maximum atomic E-state index is 11.1. The van der Waals surface area contributed by atoms with Gasteiger partial charge in [-0.1, -0.05) is 18.2 Å². The molecule has 0 spiro atoms. The van der Waals surface area contributed by atoms with Gasteiger partial charge in [0.15, 0.2) is 0 Å². The number of methoxy groups -OCH3 is 1. The van der Waals surface area contributed by atoms with Crippen LogP contribution < -0.4 is 0 Å². The Labute approximate surface area is 79.3 Å². The van der Waals surface area contributed by atoms with E-state index in [1.807, 2.05) is 18.2 Å². The number of hydrogen-bond acceptors (Lipinski definition) is 1. The molecule has 1 rings (SSSR count). The normalized spacial score (nSPS) is 13.0. The van der Waals surface area contributed by atoms with Crippen LogP contribution in [0.2, 0.25) is 0 Å². The SMILES string of the molecule is CO[C@H]([O])c1ccccc1I. The zero-order valence-corrected chi connectivity index (χ0v) is 8.24. The van der Waals surface area contributed by atoms with Gasteiger partial charge in [0.2, 0.25) is 6.29 Å². The molecule has 0 aromatic heterocycles. The summed E-state index contributed by atoms with van der Waals surface area (Å²) in [5, 5.41) is 11.1. The van der Waals surface area contributed by atoms with Gasteiger partial charge in [-0.3, -0.25) is 0 Å². The number of benzene rings is 1. The number of ether oxygens (including phenoxy) is 1. The fourth-order valence-electron chi connectivity index (χ4n) is 0.793. The molecule has 0 unspecified atom stereocenters. The molecule has 1 aromatic carbocycles. The molecule has 0 N–H and O–H groups in total. The molecule has 1 atom stereocenters. The van der Waals surface area contributed by atoms with Crippen LogP contribution in [0.4, 0.5) is 0 Å². The molecular weight excluding hydrogens is 255 g/mol. The third kappa shape index (κ3) is 2.15. The summed E-state index contributed by atoms with van der Waals surface area (Å²) < 4.78 is 5.61. The van der Waals surface area contributed by atoms with E-state index in [9.17, 15) is 5.11 Å². The first-order valence-corrected chi connectivity index (χ1v) is 4.26. The molecule has 0 heterocycles. The first-order valence-electron chi connectivity index (χ1n) is 3.18. The van der Waals surface area contributed by atoms with Crippen LogP contribution in [-0.2, 0) is 9.84 Å². The van der Waals surface area contributed by atoms with Gasteiger partial charge < -0.3 is 4.74 Å². The van der Waals surface area contributed by atoms with Gasteiger partial charge in [-0.15, -0.1) is 0 Å². The second kappa shape index (κ2) is 4.04. The van der Waals surface area contributed by atoms with Crippen LogP contribution in [0.3, 0.4) is 0 Å². The first-order chi connectivity index (χ1) is 5.25. The third-order valence-corrected chi connectivity index (χ3v) is 2.36. The van der Waals surface area contributed by atoms with Crippen LogP contribution in [0.15, 0.2) is 24.3 Å². The van der Waals surface area contributed by atoms with Crippen molar-refractivity contribution in [2.75, 3.05) is 7.11 Å². The summed E-state index contributed by atoms with van der Waals surface area (Å²) in [6.07, 6.45) is -1.05. The highest BCUT2D eigenvalue weighted by Crippen LogP contribution is 2.19. The van der Waals surface area contributed by atoms with Crippen LogP contribution in [-0.4, -0.2) is 7.11 Å². The Bertz CT molecular complexity index is 237. The van der Waals surface area contributed by atoms with Gasteiger partial charge in [0.05, 0.1) is 0 Å². The second-order valence-electron chi connectivity index (χ2n) is 2.09. The molecule has 0 fully saturated rings. The lowest BCUT2D eigenvalue weighted by Crippen LogP contribution is -1.99. The number of rotatable bonds is 2. The van der Waals surface area contributed by atoms with Crippen LogP contribution >= 0.6 is 22.6 Å². The minimum Gasteiger partial charge on any atom is -0.349 e. The molecular formula is C8H8IO2. The lowest BCUT2D eigenvalue weighted by molar-refractivity contribution is -0.123. The van der Waals surface area contributed by atoms with E-state index in [2.05, 4.69) is 27.3 Å². The molecule has 3 heteroatoms. The minimum absolute atomic E-state index is 0.704. The molecule has 1 radical (unpaired) electrons. The van der Waals surface area contributed by atoms with E-state index >= 15 is 0 Å². The zero-order valence-electron chi connectivity index (χ0n) is 6.08. The van der Waals surface area contributed by atoms with E-state index < -0.39 is 6.29 Å². The Morgan fingerprint density at radius 1 is 1.45 bits per heavy atom. The Kier molecular flexibility index (Phi) is 3.29. The van der Waals surface area contributed by atoms with Crippen LogP contribution in [0.5, 0.6) is 0 Å². The summed E-state index contributed by atoms with van der Waals surface area (Å²) in [7, 11) is 1.42. The molecule has 0 saturated carbocycles. The average molecular weight is 263 g/mol. The highest BCUT2D eigenvalue weighted by atomic mass is 127. The number of hydrogen-bond donors (Lipinski definition) is 0. The molecule has 59 valence electrons. The van der Waals surface area contributed by atoms with E-state index in [4.69, 9.17) is 0 Å². The van der Waals surface area contributed by atoms with Gasteiger partial charge in [-0.05, 0) is 28.7 Å². The summed E-state index contributed by atoms with van der Waals surface area (Å²) in [6, 6.07) is 7.40. The van der Waals surface area contributed by atoms with Crippen molar-refractivity contribution < 1.29 is 9.84 Å². The molecule has 2 nitrogen and oxygen atoms in total. The topological polar surface area (TPSA) is 29.1 Å². The van der Waals surface area contributed by atoms with Gasteiger partial charge in [-0.25, -0.2) is 0 Å². The molecule has 0 bridgehead atoms. The Balaban J connectivity index is 2.93. The highest BCUT2D eigenvalue weighted by Gasteiger charge is 2.09. The summed E-state index contributed by atoms with van der Waals surface area (Å²) >= 11 is 2.12. The van der Waals surface area contributed by atoms with Crippen LogP contribution in [0, 0.1) is 3.57 Å². The predicted molar refractivity (Wildman–Crippen MR) is 49.6 cm³/mol. The largest absolute Gasteiger partial charge is 0.349 e. The fourth-order valence-corrected chi connectivity index (χ4v) is 1.43. The summed E-state index contributed by atoms with van der Waals surface area (Å²) in [5.41, 5.74) is 0.704. The minimum atomic E-state index is -1.05. The van der Waals surface area contributed by atoms with Crippen molar-refractivity contribution in [1.82, 2.24) is 0 Å². The van der Waals surface area contributed by atoms with Crippen molar-refractivity contribution in [2.24, 2.45) is 0 Å². The summed E-state index contributed by atoms with van der Waals surface area (Å²) in [5.74, 6) is 0. The van der Waals surface area contributed by atoms with E-state index in [1.165, 1.54) is 7.11 Å². The first kappa shape index (κ1) is 8.96. The average Bonchev–Trinajstić information content (AvgIpc) is 2.04. The summed E-state index contributed by atoms with van der Waals surface area (Å²) in [6.45, 7) is 0. The quantitative estimate of drug-likeness (QED) is 0.595. The van der Waals surface area contributed by atoms with E-state index in [1.54, 1.807) is 6.07 Å². The van der Waals surface area contributed by atoms with Gasteiger partial charge in [0.1, 0.15) is 0 Å². The second-order valence-corrected chi connectivity index (χ2v) is 3.25. The lowest BCUT2D eigenvalue weighted by atomic mass is 10.2. The molecule has 1 aromatic rings.